The predicted octanol–water partition coefficient (Wildman–Crippen LogP) is 4.86. The third-order valence-electron chi connectivity index (χ3n) is 6.27. The van der Waals surface area contributed by atoms with Gasteiger partial charge in [-0.1, -0.05) is 72.8 Å². The lowest BCUT2D eigenvalue weighted by Gasteiger charge is -2.23. The predicted molar refractivity (Wildman–Crippen MR) is 127 cm³/mol. The normalized spacial score (nSPS) is 17.3. The van der Waals surface area contributed by atoms with Gasteiger partial charge in [-0.3, -0.25) is 9.59 Å². The Morgan fingerprint density at radius 2 is 1.61 bits per heavy atom. The van der Waals surface area contributed by atoms with E-state index in [0.29, 0.717) is 29.1 Å². The van der Waals surface area contributed by atoms with Crippen molar-refractivity contribution < 1.29 is 19.4 Å². The molecule has 1 aliphatic heterocycles. The van der Waals surface area contributed by atoms with Crippen LogP contribution in [0, 0.1) is 0 Å². The summed E-state index contributed by atoms with van der Waals surface area (Å²) >= 11 is 0. The number of carbonyl (C=O) groups excluding carboxylic acids is 2. The van der Waals surface area contributed by atoms with E-state index in [1.54, 1.807) is 41.3 Å². The first-order valence-electron chi connectivity index (χ1n) is 10.8. The van der Waals surface area contributed by atoms with Crippen LogP contribution in [-0.4, -0.2) is 23.9 Å². The van der Waals surface area contributed by atoms with E-state index in [4.69, 9.17) is 4.74 Å². The summed E-state index contributed by atoms with van der Waals surface area (Å²) < 4.78 is 5.30. The molecule has 5 nitrogen and oxygen atoms in total. The van der Waals surface area contributed by atoms with Crippen molar-refractivity contribution in [2.75, 3.05) is 12.0 Å². The molecule has 4 aromatic rings. The Morgan fingerprint density at radius 3 is 2.45 bits per heavy atom. The van der Waals surface area contributed by atoms with Crippen LogP contribution >= 0.6 is 0 Å². The van der Waals surface area contributed by atoms with Gasteiger partial charge in [0.15, 0.2) is 11.4 Å². The van der Waals surface area contributed by atoms with Gasteiger partial charge >= 0.3 is 0 Å². The molecule has 5 heteroatoms. The van der Waals surface area contributed by atoms with Crippen LogP contribution in [0.25, 0.3) is 10.8 Å². The minimum atomic E-state index is -1.95. The number of ketones is 1. The molecule has 1 heterocycles. The van der Waals surface area contributed by atoms with Crippen molar-refractivity contribution in [1.29, 1.82) is 0 Å². The van der Waals surface area contributed by atoms with Gasteiger partial charge in [-0.25, -0.2) is 0 Å². The van der Waals surface area contributed by atoms with Gasteiger partial charge in [0, 0.05) is 5.56 Å². The van der Waals surface area contributed by atoms with Gasteiger partial charge in [0.25, 0.3) is 5.91 Å². The van der Waals surface area contributed by atoms with Gasteiger partial charge in [-0.2, -0.15) is 0 Å². The summed E-state index contributed by atoms with van der Waals surface area (Å²) in [5.41, 5.74) is 0.422. The Labute approximate surface area is 191 Å². The average Bonchev–Trinajstić information content (AvgIpc) is 3.06. The molecule has 164 valence electrons. The van der Waals surface area contributed by atoms with E-state index in [-0.39, 0.29) is 12.2 Å². The smallest absolute Gasteiger partial charge is 0.264 e. The fourth-order valence-electron chi connectivity index (χ4n) is 4.64. The van der Waals surface area contributed by atoms with E-state index in [0.717, 1.165) is 16.3 Å². The SMILES string of the molecule is COc1ccccc1C(=O)C[C@]1(O)C(=O)N(Cc2cccc3ccccc23)c2ccccc21. The lowest BCUT2D eigenvalue weighted by Crippen LogP contribution is -2.41. The Bertz CT molecular complexity index is 1370. The van der Waals surface area contributed by atoms with Gasteiger partial charge in [-0.15, -0.1) is 0 Å². The van der Waals surface area contributed by atoms with E-state index in [2.05, 4.69) is 0 Å². The molecule has 0 bridgehead atoms. The minimum absolute atomic E-state index is 0.294. The summed E-state index contributed by atoms with van der Waals surface area (Å²) in [4.78, 5) is 28.4. The molecule has 0 fully saturated rings. The highest BCUT2D eigenvalue weighted by molar-refractivity contribution is 6.11. The van der Waals surface area contributed by atoms with Crippen molar-refractivity contribution in [2.24, 2.45) is 0 Å². The number of hydrogen-bond donors (Lipinski definition) is 1. The highest BCUT2D eigenvalue weighted by atomic mass is 16.5. The number of methoxy groups -OCH3 is 1. The molecule has 0 aromatic heterocycles. The molecule has 0 radical (unpaired) electrons. The minimum Gasteiger partial charge on any atom is -0.496 e. The van der Waals surface area contributed by atoms with Crippen molar-refractivity contribution in [3.63, 3.8) is 0 Å². The molecule has 0 spiro atoms. The Kier molecular flexibility index (Phi) is 5.19. The van der Waals surface area contributed by atoms with Crippen LogP contribution in [0.4, 0.5) is 5.69 Å². The van der Waals surface area contributed by atoms with Crippen LogP contribution in [0.1, 0.15) is 27.9 Å². The maximum atomic E-state index is 13.6. The number of aliphatic hydroxyl groups is 1. The number of anilines is 1. The van der Waals surface area contributed by atoms with Gasteiger partial charge < -0.3 is 14.7 Å². The molecule has 33 heavy (non-hydrogen) atoms. The number of carbonyl (C=O) groups is 2. The van der Waals surface area contributed by atoms with Crippen LogP contribution in [0.5, 0.6) is 5.75 Å². The van der Waals surface area contributed by atoms with Crippen LogP contribution < -0.4 is 9.64 Å². The van der Waals surface area contributed by atoms with Gasteiger partial charge in [-0.05, 0) is 34.5 Å². The molecule has 1 amide bonds. The second kappa shape index (κ2) is 8.19. The number of para-hydroxylation sites is 2. The Morgan fingerprint density at radius 1 is 0.909 bits per heavy atom. The summed E-state index contributed by atoms with van der Waals surface area (Å²) in [7, 11) is 1.49. The van der Waals surface area contributed by atoms with Crippen molar-refractivity contribution in [1.82, 2.24) is 0 Å². The van der Waals surface area contributed by atoms with E-state index >= 15 is 0 Å². The second-order valence-corrected chi connectivity index (χ2v) is 8.21. The van der Waals surface area contributed by atoms with E-state index in [1.165, 1.54) is 7.11 Å². The zero-order valence-corrected chi connectivity index (χ0v) is 18.2. The van der Waals surface area contributed by atoms with Gasteiger partial charge in [0.1, 0.15) is 5.75 Å². The second-order valence-electron chi connectivity index (χ2n) is 8.21. The molecule has 1 atom stereocenters. The van der Waals surface area contributed by atoms with E-state index in [9.17, 15) is 14.7 Å². The number of ether oxygens (including phenoxy) is 1. The fourth-order valence-corrected chi connectivity index (χ4v) is 4.64. The van der Waals surface area contributed by atoms with Crippen LogP contribution in [-0.2, 0) is 16.9 Å². The van der Waals surface area contributed by atoms with Crippen LogP contribution in [0.15, 0.2) is 91.0 Å². The van der Waals surface area contributed by atoms with E-state index < -0.39 is 11.5 Å². The van der Waals surface area contributed by atoms with Crippen molar-refractivity contribution in [3.05, 3.63) is 108 Å². The third-order valence-corrected chi connectivity index (χ3v) is 6.27. The molecule has 5 rings (SSSR count). The first kappa shape index (κ1) is 20.9. The average molecular weight is 437 g/mol. The van der Waals surface area contributed by atoms with Crippen molar-refractivity contribution in [3.8, 4) is 5.75 Å². The molecule has 1 N–H and O–H groups in total. The zero-order chi connectivity index (χ0) is 23.0. The van der Waals surface area contributed by atoms with Gasteiger partial charge in [0.2, 0.25) is 0 Å². The molecule has 0 aliphatic carbocycles. The van der Waals surface area contributed by atoms with Crippen LogP contribution in [0.3, 0.4) is 0 Å². The van der Waals surface area contributed by atoms with Crippen LogP contribution in [0.2, 0.25) is 0 Å². The Balaban J connectivity index is 1.53. The van der Waals surface area contributed by atoms with E-state index in [1.807, 2.05) is 54.6 Å². The first-order chi connectivity index (χ1) is 16.0. The zero-order valence-electron chi connectivity index (χ0n) is 18.2. The molecule has 4 aromatic carbocycles. The first-order valence-corrected chi connectivity index (χ1v) is 10.8. The number of benzene rings is 4. The fraction of sp³-hybridized carbons (Fsp3) is 0.143. The number of hydrogen-bond acceptors (Lipinski definition) is 4. The largest absolute Gasteiger partial charge is 0.496 e. The summed E-state index contributed by atoms with van der Waals surface area (Å²) in [6.45, 7) is 0.294. The summed E-state index contributed by atoms with van der Waals surface area (Å²) in [6.07, 6.45) is -0.366. The quantitative estimate of drug-likeness (QED) is 0.438. The Hall–Kier alpha value is -3.96. The molecule has 0 unspecified atom stereocenters. The molecule has 1 aliphatic rings. The monoisotopic (exact) mass is 437 g/mol. The number of amides is 1. The molecule has 0 saturated carbocycles. The molecular formula is C28H23NO4. The van der Waals surface area contributed by atoms with Crippen molar-refractivity contribution in [2.45, 2.75) is 18.6 Å². The standard InChI is InChI=1S/C28H23NO4/c1-33-26-16-7-4-13-22(26)25(30)17-28(32)23-14-5-6-15-24(23)29(27(28)31)18-20-11-8-10-19-9-2-3-12-21(19)20/h2-16,32H,17-18H2,1H3/t28-/m1/s1. The summed E-state index contributed by atoms with van der Waals surface area (Å²) in [5, 5.41) is 13.7. The maximum absolute atomic E-state index is 13.6. The summed E-state index contributed by atoms with van der Waals surface area (Å²) in [5.74, 6) is -0.442. The lowest BCUT2D eigenvalue weighted by atomic mass is 9.88. The number of nitrogens with zero attached hydrogens (tertiary/aromatic N) is 1. The third kappa shape index (κ3) is 3.47. The maximum Gasteiger partial charge on any atom is 0.264 e. The molecular weight excluding hydrogens is 414 g/mol. The topological polar surface area (TPSA) is 66.8 Å². The highest BCUT2D eigenvalue weighted by Crippen LogP contribution is 2.44. The number of rotatable bonds is 6. The lowest BCUT2D eigenvalue weighted by molar-refractivity contribution is -0.136. The highest BCUT2D eigenvalue weighted by Gasteiger charge is 2.51. The summed E-state index contributed by atoms with van der Waals surface area (Å²) in [6, 6.07) is 27.9. The number of Topliss-reactive ketones (excluding diaryl/α,β-unsaturated/α-hetero) is 1. The molecule has 0 saturated heterocycles. The van der Waals surface area contributed by atoms with Crippen molar-refractivity contribution >= 4 is 28.2 Å². The number of fused-ring (bicyclic) bond motifs is 2. The van der Waals surface area contributed by atoms with Gasteiger partial charge in [0.05, 0.1) is 31.3 Å².